The second-order valence-electron chi connectivity index (χ2n) is 5.66. The fourth-order valence-electron chi connectivity index (χ4n) is 2.46. The van der Waals surface area contributed by atoms with Crippen LogP contribution in [0.4, 0.5) is 5.82 Å². The maximum Gasteiger partial charge on any atom is 0.222 e. The van der Waals surface area contributed by atoms with Crippen molar-refractivity contribution in [2.24, 2.45) is 11.7 Å². The molecule has 110 valence electrons. The van der Waals surface area contributed by atoms with Gasteiger partial charge < -0.3 is 10.6 Å². The number of halogens is 1. The summed E-state index contributed by atoms with van der Waals surface area (Å²) in [5, 5.41) is 0.486. The lowest BCUT2D eigenvalue weighted by Crippen LogP contribution is -2.42. The summed E-state index contributed by atoms with van der Waals surface area (Å²) in [5.41, 5.74) is 6.29. The lowest BCUT2D eigenvalue weighted by molar-refractivity contribution is -0.122. The number of rotatable bonds is 3. The van der Waals surface area contributed by atoms with Gasteiger partial charge in [0, 0.05) is 24.6 Å². The molecule has 0 aliphatic carbocycles. The van der Waals surface area contributed by atoms with E-state index >= 15 is 0 Å². The molecule has 1 aromatic rings. The van der Waals surface area contributed by atoms with Gasteiger partial charge in [0.25, 0.3) is 0 Å². The van der Waals surface area contributed by atoms with E-state index in [2.05, 4.69) is 14.9 Å². The maximum atomic E-state index is 11.4. The van der Waals surface area contributed by atoms with Gasteiger partial charge in [-0.3, -0.25) is 4.79 Å². The zero-order chi connectivity index (χ0) is 14.9. The summed E-state index contributed by atoms with van der Waals surface area (Å²) in [6.07, 6.45) is 1.78. The SMILES string of the molecule is Cc1c(Cl)nc(C(C)C)nc1N1CCCC(C(N)=O)C1. The van der Waals surface area contributed by atoms with Gasteiger partial charge in [0.1, 0.15) is 16.8 Å². The van der Waals surface area contributed by atoms with Crippen molar-refractivity contribution < 1.29 is 4.79 Å². The van der Waals surface area contributed by atoms with Crippen LogP contribution < -0.4 is 10.6 Å². The monoisotopic (exact) mass is 296 g/mol. The van der Waals surface area contributed by atoms with Gasteiger partial charge >= 0.3 is 0 Å². The Morgan fingerprint density at radius 2 is 2.15 bits per heavy atom. The lowest BCUT2D eigenvalue weighted by atomic mass is 9.97. The van der Waals surface area contributed by atoms with E-state index in [0.29, 0.717) is 11.7 Å². The smallest absolute Gasteiger partial charge is 0.222 e. The van der Waals surface area contributed by atoms with Crippen LogP contribution in [0.15, 0.2) is 0 Å². The highest BCUT2D eigenvalue weighted by Gasteiger charge is 2.26. The zero-order valence-corrected chi connectivity index (χ0v) is 12.9. The van der Waals surface area contributed by atoms with Crippen LogP contribution in [0, 0.1) is 12.8 Å². The van der Waals surface area contributed by atoms with E-state index in [9.17, 15) is 4.79 Å². The number of piperidine rings is 1. The van der Waals surface area contributed by atoms with Gasteiger partial charge in [0.2, 0.25) is 5.91 Å². The van der Waals surface area contributed by atoms with Crippen molar-refractivity contribution >= 4 is 23.3 Å². The van der Waals surface area contributed by atoms with Gasteiger partial charge in [-0.15, -0.1) is 0 Å². The van der Waals surface area contributed by atoms with Gasteiger partial charge in [0.05, 0.1) is 5.92 Å². The van der Waals surface area contributed by atoms with Crippen molar-refractivity contribution in [3.05, 3.63) is 16.5 Å². The minimum Gasteiger partial charge on any atom is -0.369 e. The lowest BCUT2D eigenvalue weighted by Gasteiger charge is -2.33. The third kappa shape index (κ3) is 3.03. The van der Waals surface area contributed by atoms with Gasteiger partial charge in [-0.2, -0.15) is 0 Å². The molecule has 20 heavy (non-hydrogen) atoms. The van der Waals surface area contributed by atoms with Crippen LogP contribution in [-0.2, 0) is 4.79 Å². The average Bonchev–Trinajstić information content (AvgIpc) is 2.41. The van der Waals surface area contributed by atoms with Crippen molar-refractivity contribution in [3.63, 3.8) is 0 Å². The summed E-state index contributed by atoms with van der Waals surface area (Å²) in [5.74, 6) is 1.43. The molecule has 6 heteroatoms. The van der Waals surface area contributed by atoms with E-state index in [1.807, 2.05) is 20.8 Å². The number of aromatic nitrogens is 2. The molecule has 1 atom stereocenters. The Morgan fingerprint density at radius 3 is 2.75 bits per heavy atom. The number of hydrogen-bond donors (Lipinski definition) is 1. The summed E-state index contributed by atoms with van der Waals surface area (Å²) < 4.78 is 0. The van der Waals surface area contributed by atoms with Crippen molar-refractivity contribution in [2.45, 2.75) is 39.5 Å². The molecule has 0 aromatic carbocycles. The molecule has 2 rings (SSSR count). The van der Waals surface area contributed by atoms with E-state index in [-0.39, 0.29) is 17.7 Å². The molecule has 1 aromatic heterocycles. The molecule has 1 aliphatic heterocycles. The standard InChI is InChI=1S/C14H21ClN4O/c1-8(2)13-17-11(15)9(3)14(18-13)19-6-4-5-10(7-19)12(16)20/h8,10H,4-7H2,1-3H3,(H2,16,20). The third-order valence-electron chi connectivity index (χ3n) is 3.72. The molecule has 0 bridgehead atoms. The molecular weight excluding hydrogens is 276 g/mol. The molecule has 0 radical (unpaired) electrons. The Morgan fingerprint density at radius 1 is 1.45 bits per heavy atom. The molecule has 2 heterocycles. The fourth-order valence-corrected chi connectivity index (χ4v) is 2.63. The molecule has 1 amide bonds. The predicted molar refractivity (Wildman–Crippen MR) is 80.0 cm³/mol. The van der Waals surface area contributed by atoms with Gasteiger partial charge in [-0.1, -0.05) is 25.4 Å². The van der Waals surface area contributed by atoms with Crippen molar-refractivity contribution in [1.29, 1.82) is 0 Å². The van der Waals surface area contributed by atoms with Crippen molar-refractivity contribution in [1.82, 2.24) is 9.97 Å². The first-order valence-corrected chi connectivity index (χ1v) is 7.36. The van der Waals surface area contributed by atoms with Gasteiger partial charge in [-0.25, -0.2) is 9.97 Å². The van der Waals surface area contributed by atoms with Crippen molar-refractivity contribution in [2.75, 3.05) is 18.0 Å². The van der Waals surface area contributed by atoms with E-state index in [0.717, 1.165) is 36.6 Å². The minimum atomic E-state index is -0.239. The highest BCUT2D eigenvalue weighted by molar-refractivity contribution is 6.30. The first-order chi connectivity index (χ1) is 9.40. The van der Waals surface area contributed by atoms with E-state index < -0.39 is 0 Å². The Balaban J connectivity index is 2.33. The molecule has 2 N–H and O–H groups in total. The number of primary amides is 1. The largest absolute Gasteiger partial charge is 0.369 e. The number of hydrogen-bond acceptors (Lipinski definition) is 4. The first kappa shape index (κ1) is 15.0. The number of nitrogens with two attached hydrogens (primary N) is 1. The molecule has 1 saturated heterocycles. The Labute approximate surface area is 124 Å². The highest BCUT2D eigenvalue weighted by atomic mass is 35.5. The second kappa shape index (κ2) is 5.95. The Kier molecular flexibility index (Phi) is 4.48. The number of carbonyl (C=O) groups is 1. The van der Waals surface area contributed by atoms with Crippen LogP contribution in [0.5, 0.6) is 0 Å². The number of anilines is 1. The second-order valence-corrected chi connectivity index (χ2v) is 6.02. The van der Waals surface area contributed by atoms with Gasteiger partial charge in [-0.05, 0) is 19.8 Å². The third-order valence-corrected chi connectivity index (χ3v) is 4.09. The zero-order valence-electron chi connectivity index (χ0n) is 12.2. The Bertz CT molecular complexity index is 518. The molecule has 1 unspecified atom stereocenters. The molecule has 1 aliphatic rings. The fraction of sp³-hybridized carbons (Fsp3) is 0.643. The number of carbonyl (C=O) groups excluding carboxylic acids is 1. The van der Waals surface area contributed by atoms with Crippen LogP contribution in [0.1, 0.15) is 44.0 Å². The Hall–Kier alpha value is -1.36. The maximum absolute atomic E-state index is 11.4. The van der Waals surface area contributed by atoms with Crippen LogP contribution >= 0.6 is 11.6 Å². The van der Waals surface area contributed by atoms with Crippen LogP contribution in [0.3, 0.4) is 0 Å². The predicted octanol–water partition coefficient (Wildman–Crippen LogP) is 2.26. The molecule has 0 saturated carbocycles. The topological polar surface area (TPSA) is 72.1 Å². The molecule has 0 spiro atoms. The summed E-state index contributed by atoms with van der Waals surface area (Å²) in [4.78, 5) is 22.4. The van der Waals surface area contributed by atoms with Crippen molar-refractivity contribution in [3.8, 4) is 0 Å². The van der Waals surface area contributed by atoms with Crippen LogP contribution in [-0.4, -0.2) is 29.0 Å². The average molecular weight is 297 g/mol. The summed E-state index contributed by atoms with van der Waals surface area (Å²) >= 11 is 6.21. The number of amides is 1. The normalized spacial score (nSPS) is 19.4. The van der Waals surface area contributed by atoms with Gasteiger partial charge in [0.15, 0.2) is 0 Å². The van der Waals surface area contributed by atoms with Crippen LogP contribution in [0.2, 0.25) is 5.15 Å². The molecule has 5 nitrogen and oxygen atoms in total. The van der Waals surface area contributed by atoms with Crippen LogP contribution in [0.25, 0.3) is 0 Å². The minimum absolute atomic E-state index is 0.112. The van der Waals surface area contributed by atoms with E-state index in [1.54, 1.807) is 0 Å². The number of nitrogens with zero attached hydrogens (tertiary/aromatic N) is 3. The summed E-state index contributed by atoms with van der Waals surface area (Å²) in [6.45, 7) is 7.46. The highest BCUT2D eigenvalue weighted by Crippen LogP contribution is 2.29. The first-order valence-electron chi connectivity index (χ1n) is 6.98. The van der Waals surface area contributed by atoms with E-state index in [4.69, 9.17) is 17.3 Å². The molecular formula is C14H21ClN4O. The molecule has 1 fully saturated rings. The summed E-state index contributed by atoms with van der Waals surface area (Å²) in [7, 11) is 0. The quantitative estimate of drug-likeness (QED) is 0.869. The van der Waals surface area contributed by atoms with E-state index in [1.165, 1.54) is 0 Å². The summed E-state index contributed by atoms with van der Waals surface area (Å²) in [6, 6.07) is 0.